The average molecular weight is 368 g/mol. The van der Waals surface area contributed by atoms with Gasteiger partial charge in [0, 0.05) is 18.5 Å². The fourth-order valence-electron chi connectivity index (χ4n) is 2.02. The molecule has 0 fully saturated rings. The van der Waals surface area contributed by atoms with E-state index < -0.39 is 35.4 Å². The number of hydrogen-bond donors (Lipinski definition) is 1. The van der Waals surface area contributed by atoms with Crippen LogP contribution in [0.2, 0.25) is 0 Å². The molecular weight excluding hydrogens is 357 g/mol. The van der Waals surface area contributed by atoms with Gasteiger partial charge in [-0.3, -0.25) is 4.79 Å². The van der Waals surface area contributed by atoms with Crippen LogP contribution in [-0.4, -0.2) is 31.2 Å². The van der Waals surface area contributed by atoms with Crippen LogP contribution in [0.3, 0.4) is 0 Å². The van der Waals surface area contributed by atoms with Crippen LogP contribution in [0.1, 0.15) is 19.5 Å². The largest absolute Gasteiger partial charge is 0.493 e. The normalized spacial score (nSPS) is 11.9. The molecule has 0 aliphatic heterocycles. The highest BCUT2D eigenvalue weighted by molar-refractivity contribution is 5.92. The van der Waals surface area contributed by atoms with Crippen LogP contribution in [0.5, 0.6) is 11.6 Å². The van der Waals surface area contributed by atoms with Gasteiger partial charge >= 0.3 is 12.1 Å². The van der Waals surface area contributed by atoms with E-state index in [1.165, 1.54) is 12.4 Å². The monoisotopic (exact) mass is 368 g/mol. The minimum atomic E-state index is -4.75. The van der Waals surface area contributed by atoms with Gasteiger partial charge in [0.05, 0.1) is 5.92 Å². The van der Waals surface area contributed by atoms with E-state index >= 15 is 0 Å². The molecule has 1 N–H and O–H groups in total. The summed E-state index contributed by atoms with van der Waals surface area (Å²) in [4.78, 5) is 23.6. The summed E-state index contributed by atoms with van der Waals surface area (Å²) in [5.74, 6) is -2.79. The first-order chi connectivity index (χ1) is 12.2. The van der Waals surface area contributed by atoms with Crippen LogP contribution < -0.4 is 4.74 Å². The SMILES string of the molecule is CC(C)C(=O)Oc1c(-c2cc(C(F)(F)F)no2)c(O)nc2nccnc12. The standard InChI is InChI=1S/C15H11F3N4O4/c1-6(2)14(24)25-11-9(7-5-8(22-26-7)15(16,17)18)13(23)21-12-10(11)19-3-4-20-12/h3-6H,1-2H3,(H,20,21,23). The molecule has 11 heteroatoms. The zero-order chi connectivity index (χ0) is 19.1. The number of esters is 1. The lowest BCUT2D eigenvalue weighted by Gasteiger charge is -2.12. The van der Waals surface area contributed by atoms with Crippen LogP contribution in [0.4, 0.5) is 13.2 Å². The molecule has 8 nitrogen and oxygen atoms in total. The van der Waals surface area contributed by atoms with Crippen molar-refractivity contribution in [2.45, 2.75) is 20.0 Å². The molecule has 0 saturated carbocycles. The van der Waals surface area contributed by atoms with Crippen molar-refractivity contribution < 1.29 is 32.3 Å². The Morgan fingerprint density at radius 1 is 1.27 bits per heavy atom. The Balaban J connectivity index is 2.25. The number of alkyl halides is 3. The fraction of sp³-hybridized carbons (Fsp3) is 0.267. The predicted molar refractivity (Wildman–Crippen MR) is 80.0 cm³/mol. The van der Waals surface area contributed by atoms with Crippen molar-refractivity contribution in [2.24, 2.45) is 5.92 Å². The zero-order valence-electron chi connectivity index (χ0n) is 13.4. The molecule has 0 bridgehead atoms. The molecule has 0 aromatic carbocycles. The number of carbonyl (C=O) groups excluding carboxylic acids is 1. The molecule has 0 amide bonds. The number of rotatable bonds is 3. The van der Waals surface area contributed by atoms with E-state index in [2.05, 4.69) is 24.6 Å². The molecule has 3 aromatic heterocycles. The molecule has 26 heavy (non-hydrogen) atoms. The van der Waals surface area contributed by atoms with Crippen molar-refractivity contribution in [1.29, 1.82) is 0 Å². The second kappa shape index (κ2) is 6.24. The summed E-state index contributed by atoms with van der Waals surface area (Å²) in [6.45, 7) is 3.13. The maximum Gasteiger partial charge on any atom is 0.436 e. The van der Waals surface area contributed by atoms with Gasteiger partial charge in [0.25, 0.3) is 0 Å². The van der Waals surface area contributed by atoms with Gasteiger partial charge in [-0.25, -0.2) is 9.97 Å². The van der Waals surface area contributed by atoms with Gasteiger partial charge in [-0.15, -0.1) is 0 Å². The first-order valence-electron chi connectivity index (χ1n) is 7.28. The van der Waals surface area contributed by atoms with E-state index in [0.717, 1.165) is 0 Å². The fourth-order valence-corrected chi connectivity index (χ4v) is 2.02. The zero-order valence-corrected chi connectivity index (χ0v) is 13.4. The lowest BCUT2D eigenvalue weighted by atomic mass is 10.1. The van der Waals surface area contributed by atoms with E-state index in [-0.39, 0.29) is 22.5 Å². The Hall–Kier alpha value is -3.24. The Morgan fingerprint density at radius 2 is 1.96 bits per heavy atom. The van der Waals surface area contributed by atoms with Gasteiger partial charge in [0.2, 0.25) is 5.88 Å². The molecule has 0 radical (unpaired) electrons. The van der Waals surface area contributed by atoms with Crippen molar-refractivity contribution in [3.05, 3.63) is 24.2 Å². The van der Waals surface area contributed by atoms with Crippen LogP contribution in [0.25, 0.3) is 22.5 Å². The second-order valence-electron chi connectivity index (χ2n) is 5.52. The van der Waals surface area contributed by atoms with Crippen molar-refractivity contribution in [1.82, 2.24) is 20.1 Å². The molecule has 0 aliphatic rings. The van der Waals surface area contributed by atoms with Crippen molar-refractivity contribution in [3.63, 3.8) is 0 Å². The van der Waals surface area contributed by atoms with Crippen molar-refractivity contribution in [2.75, 3.05) is 0 Å². The Morgan fingerprint density at radius 3 is 2.58 bits per heavy atom. The molecule has 0 atom stereocenters. The molecule has 3 aromatic rings. The van der Waals surface area contributed by atoms with Crippen LogP contribution in [0, 0.1) is 5.92 Å². The summed E-state index contributed by atoms with van der Waals surface area (Å²) < 4.78 is 48.3. The molecular formula is C15H11F3N4O4. The van der Waals surface area contributed by atoms with E-state index in [0.29, 0.717) is 6.07 Å². The summed E-state index contributed by atoms with van der Waals surface area (Å²) in [6, 6.07) is 0.561. The minimum Gasteiger partial charge on any atom is -0.493 e. The van der Waals surface area contributed by atoms with E-state index in [1.54, 1.807) is 13.8 Å². The topological polar surface area (TPSA) is 111 Å². The first kappa shape index (κ1) is 17.6. The maximum atomic E-state index is 12.8. The van der Waals surface area contributed by atoms with Gasteiger partial charge < -0.3 is 14.4 Å². The number of aromatic nitrogens is 4. The third-order valence-electron chi connectivity index (χ3n) is 3.28. The lowest BCUT2D eigenvalue weighted by molar-refractivity contribution is -0.142. The summed E-state index contributed by atoms with van der Waals surface area (Å²) in [5, 5.41) is 13.1. The molecule has 0 unspecified atom stereocenters. The van der Waals surface area contributed by atoms with Crippen LogP contribution >= 0.6 is 0 Å². The van der Waals surface area contributed by atoms with Crippen molar-refractivity contribution in [3.8, 4) is 23.0 Å². The summed E-state index contributed by atoms with van der Waals surface area (Å²) in [7, 11) is 0. The molecule has 3 heterocycles. The molecule has 0 spiro atoms. The minimum absolute atomic E-state index is 0.0285. The third-order valence-corrected chi connectivity index (χ3v) is 3.28. The van der Waals surface area contributed by atoms with Gasteiger partial charge in [0.1, 0.15) is 5.56 Å². The molecule has 0 saturated heterocycles. The van der Waals surface area contributed by atoms with Crippen LogP contribution in [0.15, 0.2) is 23.0 Å². The number of fused-ring (bicyclic) bond motifs is 1. The Kier molecular flexibility index (Phi) is 4.22. The quantitative estimate of drug-likeness (QED) is 0.703. The van der Waals surface area contributed by atoms with Gasteiger partial charge in [-0.1, -0.05) is 19.0 Å². The number of nitrogens with zero attached hydrogens (tertiary/aromatic N) is 4. The number of ether oxygens (including phenoxy) is 1. The first-order valence-corrected chi connectivity index (χ1v) is 7.28. The highest BCUT2D eigenvalue weighted by Gasteiger charge is 2.36. The Labute approximate surface area is 143 Å². The van der Waals surface area contributed by atoms with Crippen LogP contribution in [-0.2, 0) is 11.0 Å². The number of aromatic hydroxyl groups is 1. The van der Waals surface area contributed by atoms with Gasteiger partial charge in [-0.05, 0) is 0 Å². The maximum absolute atomic E-state index is 12.8. The van der Waals surface area contributed by atoms with E-state index in [1.807, 2.05) is 0 Å². The molecule has 0 aliphatic carbocycles. The number of halogens is 3. The summed E-state index contributed by atoms with van der Waals surface area (Å²) in [5.41, 5.74) is -1.78. The number of hydrogen-bond acceptors (Lipinski definition) is 8. The van der Waals surface area contributed by atoms with Crippen molar-refractivity contribution >= 4 is 17.1 Å². The predicted octanol–water partition coefficient (Wildman–Crippen LogP) is 2.97. The highest BCUT2D eigenvalue weighted by Crippen LogP contribution is 2.42. The molecule has 3 rings (SSSR count). The summed E-state index contributed by atoms with van der Waals surface area (Å²) >= 11 is 0. The number of carbonyl (C=O) groups is 1. The van der Waals surface area contributed by atoms with E-state index in [4.69, 9.17) is 4.74 Å². The van der Waals surface area contributed by atoms with Gasteiger partial charge in [-0.2, -0.15) is 18.2 Å². The highest BCUT2D eigenvalue weighted by atomic mass is 19.4. The number of pyridine rings is 1. The average Bonchev–Trinajstić information content (AvgIpc) is 3.04. The lowest BCUT2D eigenvalue weighted by Crippen LogP contribution is -2.16. The second-order valence-corrected chi connectivity index (χ2v) is 5.52. The van der Waals surface area contributed by atoms with Gasteiger partial charge in [0.15, 0.2) is 28.4 Å². The summed E-state index contributed by atoms with van der Waals surface area (Å²) in [6.07, 6.45) is -2.19. The third kappa shape index (κ3) is 3.15. The smallest absolute Gasteiger partial charge is 0.436 e. The van der Waals surface area contributed by atoms with E-state index in [9.17, 15) is 23.1 Å². The Bertz CT molecular complexity index is 985. The molecule has 136 valence electrons.